The maximum atomic E-state index is 2.44. The Bertz CT molecular complexity index is 2090. The summed E-state index contributed by atoms with van der Waals surface area (Å²) in [6.07, 6.45) is 16.5. The first-order valence-corrected chi connectivity index (χ1v) is 30.6. The Hall–Kier alpha value is -0.951. The minimum Gasteiger partial charge on any atom is -1.00 e. The van der Waals surface area contributed by atoms with Crippen LogP contribution in [0.25, 0.3) is 43.1 Å². The molecule has 0 aliphatic heterocycles. The van der Waals surface area contributed by atoms with E-state index in [9.17, 15) is 0 Å². The van der Waals surface area contributed by atoms with E-state index < -0.39 is 0 Å². The van der Waals surface area contributed by atoms with Crippen molar-refractivity contribution in [1.82, 2.24) is 0 Å². The topological polar surface area (TPSA) is 0 Å². The van der Waals surface area contributed by atoms with Crippen molar-refractivity contribution < 1.29 is 68.2 Å². The fourth-order valence-corrected chi connectivity index (χ4v) is 14.7. The van der Waals surface area contributed by atoms with E-state index in [4.69, 9.17) is 0 Å². The van der Waals surface area contributed by atoms with Gasteiger partial charge >= 0.3 is 43.4 Å². The molecule has 0 fully saturated rings. The number of unbranched alkanes of at least 4 members (excludes halogenated alkanes) is 4. The number of benzene rings is 4. The Kier molecular flexibility index (Phi) is 32.0. The van der Waals surface area contributed by atoms with Crippen molar-refractivity contribution in [2.75, 3.05) is 51.3 Å². The van der Waals surface area contributed by atoms with Crippen molar-refractivity contribution in [3.05, 3.63) is 146 Å². The molecule has 0 aliphatic carbocycles. The van der Waals surface area contributed by atoms with Gasteiger partial charge in [0.1, 0.15) is 0 Å². The Morgan fingerprint density at radius 2 is 0.562 bits per heavy atom. The maximum absolute atomic E-state index is 2.44. The van der Waals surface area contributed by atoms with Crippen LogP contribution in [0.5, 0.6) is 0 Å². The number of fused-ring (bicyclic) bond motifs is 4. The van der Waals surface area contributed by atoms with Gasteiger partial charge in [-0.2, -0.15) is 24.3 Å². The van der Waals surface area contributed by atoms with Crippen LogP contribution in [0.4, 0.5) is 0 Å². The van der Waals surface area contributed by atoms with Gasteiger partial charge in [0.25, 0.3) is 0 Å². The molecule has 64 heavy (non-hydrogen) atoms. The molecular formula is C56H72Cl2P4Ti2-2. The molecular weight excluding hydrogens is 963 g/mol. The minimum atomic E-state index is 0. The molecule has 8 aromatic carbocycles. The molecule has 0 radical (unpaired) electrons. The normalized spacial score (nSPS) is 10.7. The molecule has 0 saturated heterocycles. The summed E-state index contributed by atoms with van der Waals surface area (Å²) in [6, 6.07) is 53.6. The smallest absolute Gasteiger partial charge is 1.00 e. The van der Waals surface area contributed by atoms with E-state index >= 15 is 0 Å². The average molecular weight is 1040 g/mol. The Labute approximate surface area is 436 Å². The van der Waals surface area contributed by atoms with Crippen molar-refractivity contribution in [1.29, 1.82) is 0 Å². The van der Waals surface area contributed by atoms with E-state index in [1.165, 1.54) is 130 Å². The van der Waals surface area contributed by atoms with Gasteiger partial charge in [0.15, 0.2) is 0 Å². The largest absolute Gasteiger partial charge is 2.00 e. The van der Waals surface area contributed by atoms with Crippen LogP contribution in [0.1, 0.15) is 79.1 Å². The maximum Gasteiger partial charge on any atom is 2.00 e. The molecule has 0 spiro atoms. The van der Waals surface area contributed by atoms with Gasteiger partial charge in [0, 0.05) is 0 Å². The molecule has 0 amide bonds. The van der Waals surface area contributed by atoms with Crippen molar-refractivity contribution >= 4 is 96.0 Å². The quantitative estimate of drug-likeness (QED) is 0.0514. The van der Waals surface area contributed by atoms with E-state index in [1.807, 2.05) is 0 Å². The van der Waals surface area contributed by atoms with Crippen LogP contribution in [-0.4, -0.2) is 51.3 Å². The van der Waals surface area contributed by atoms with Crippen LogP contribution >= 0.6 is 31.7 Å². The van der Waals surface area contributed by atoms with Crippen LogP contribution in [-0.2, 0) is 43.4 Å². The Morgan fingerprint density at radius 1 is 0.344 bits per heavy atom. The number of hydrogen-bond donors (Lipinski definition) is 0. The monoisotopic (exact) mass is 1030 g/mol. The molecule has 0 atom stereocenters. The summed E-state index contributed by atoms with van der Waals surface area (Å²) >= 11 is 0. The predicted molar refractivity (Wildman–Crippen MR) is 287 cm³/mol. The molecule has 0 nitrogen and oxygen atoms in total. The molecule has 0 bridgehead atoms. The Balaban J connectivity index is 0.000000424. The third kappa shape index (κ3) is 19.2. The van der Waals surface area contributed by atoms with Crippen LogP contribution in [0.2, 0.25) is 0 Å². The molecule has 340 valence electrons. The summed E-state index contributed by atoms with van der Waals surface area (Å²) in [5.41, 5.74) is 0. The zero-order chi connectivity index (χ0) is 42.7. The van der Waals surface area contributed by atoms with E-state index in [0.29, 0.717) is 0 Å². The van der Waals surface area contributed by atoms with E-state index in [0.717, 1.165) is 0 Å². The molecule has 0 heterocycles. The number of rotatable bonds is 16. The summed E-state index contributed by atoms with van der Waals surface area (Å²) < 4.78 is 0. The second-order valence-electron chi connectivity index (χ2n) is 16.5. The zero-order valence-electron chi connectivity index (χ0n) is 39.9. The number of halogens is 2. The molecule has 0 saturated carbocycles. The standard InChI is InChI=1S/2C17H24P.2C11H12P.2ClH.2Ti/c2*1-3-5-11-18(12-6-4-2)17-13-15-9-7-8-10-16(15)14-17;2*1-12(2)11-7-9-5-3-4-6-10(9)8-11;;;;/h2*7-10,13-14H,3-6,11-12H2,1-2H3;2*3-8H,1-2H3;2*1H;;/q4*-1;;;2*+2/p-2. The summed E-state index contributed by atoms with van der Waals surface area (Å²) in [4.78, 5) is 0. The van der Waals surface area contributed by atoms with Crippen LogP contribution < -0.4 is 46.0 Å². The Morgan fingerprint density at radius 3 is 0.781 bits per heavy atom. The van der Waals surface area contributed by atoms with E-state index in [-0.39, 0.29) is 99.9 Å². The van der Waals surface area contributed by atoms with Gasteiger partial charge in [-0.15, -0.1) is 177 Å². The first-order chi connectivity index (χ1) is 29.2. The van der Waals surface area contributed by atoms with Gasteiger partial charge in [0.2, 0.25) is 0 Å². The number of hydrogen-bond acceptors (Lipinski definition) is 0. The van der Waals surface area contributed by atoms with Crippen molar-refractivity contribution in [3.63, 3.8) is 0 Å². The van der Waals surface area contributed by atoms with Gasteiger partial charge in [-0.1, -0.05) is 93.5 Å². The third-order valence-electron chi connectivity index (χ3n) is 11.3. The van der Waals surface area contributed by atoms with Gasteiger partial charge in [-0.3, -0.25) is 0 Å². The van der Waals surface area contributed by atoms with Crippen molar-refractivity contribution in [2.45, 2.75) is 79.1 Å². The molecule has 8 heteroatoms. The van der Waals surface area contributed by atoms with Crippen LogP contribution in [0.15, 0.2) is 146 Å². The van der Waals surface area contributed by atoms with E-state index in [1.54, 1.807) is 10.6 Å². The van der Waals surface area contributed by atoms with E-state index in [2.05, 4.69) is 200 Å². The fourth-order valence-electron chi connectivity index (χ4n) is 7.55. The summed E-state index contributed by atoms with van der Waals surface area (Å²) in [7, 11) is 0.287. The SMILES string of the molecule is CCCCP(CCCC)c1cc2ccccc2[cH-]1.CCCCP(CCCC)c1cc2ccccc2[cH-]1.CP(C)c1cc2ccccc2[cH-]1.CP(C)c1cc2ccccc2[cH-]1.[Cl-].[Cl-].[Ti+2].[Ti+2]. The summed E-state index contributed by atoms with van der Waals surface area (Å²) in [6.45, 7) is 18.4. The molecule has 0 aromatic heterocycles. The van der Waals surface area contributed by atoms with Crippen molar-refractivity contribution in [3.8, 4) is 0 Å². The molecule has 0 N–H and O–H groups in total. The van der Waals surface area contributed by atoms with Gasteiger partial charge in [-0.25, -0.2) is 0 Å². The predicted octanol–water partition coefficient (Wildman–Crippen LogP) is 10.4. The molecule has 0 unspecified atom stereocenters. The molecule has 8 rings (SSSR count). The second kappa shape index (κ2) is 33.5. The fraction of sp³-hybridized carbons (Fsp3) is 0.357. The van der Waals surface area contributed by atoms with Gasteiger partial charge < -0.3 is 24.8 Å². The zero-order valence-corrected chi connectivity index (χ0v) is 48.1. The van der Waals surface area contributed by atoms with Crippen molar-refractivity contribution in [2.24, 2.45) is 0 Å². The first kappa shape index (κ1) is 61.1. The molecule has 8 aromatic rings. The summed E-state index contributed by atoms with van der Waals surface area (Å²) in [5, 5.41) is 17.5. The molecule has 0 aliphatic rings. The van der Waals surface area contributed by atoms with Gasteiger partial charge in [0.05, 0.1) is 0 Å². The minimum absolute atomic E-state index is 0. The third-order valence-corrected chi connectivity index (χ3v) is 19.3. The van der Waals surface area contributed by atoms with Gasteiger partial charge in [-0.05, 0) is 77.0 Å². The summed E-state index contributed by atoms with van der Waals surface area (Å²) in [5.74, 6) is 0. The average Bonchev–Trinajstić information content (AvgIpc) is 4.09. The van der Waals surface area contributed by atoms with Crippen LogP contribution in [0.3, 0.4) is 0 Å². The second-order valence-corrected chi connectivity index (χ2v) is 26.1. The van der Waals surface area contributed by atoms with Crippen LogP contribution in [0, 0.1) is 0 Å². The first-order valence-electron chi connectivity index (χ1n) is 22.7.